The van der Waals surface area contributed by atoms with Gasteiger partial charge >= 0.3 is 0 Å². The highest BCUT2D eigenvalue weighted by atomic mass is 79.9. The van der Waals surface area contributed by atoms with Crippen LogP contribution in [0.3, 0.4) is 0 Å². The molecule has 0 spiro atoms. The number of benzene rings is 1. The number of nitrogens with zero attached hydrogens (tertiary/aromatic N) is 1. The summed E-state index contributed by atoms with van der Waals surface area (Å²) in [7, 11) is 0. The van der Waals surface area contributed by atoms with Crippen LogP contribution >= 0.6 is 15.9 Å². The number of halogens is 1. The maximum absolute atomic E-state index is 5.65. The van der Waals surface area contributed by atoms with Crippen LogP contribution in [0.25, 0.3) is 0 Å². The fourth-order valence-corrected chi connectivity index (χ4v) is 2.44. The van der Waals surface area contributed by atoms with E-state index in [1.807, 2.05) is 12.1 Å². The number of aryl methyl sites for hydroxylation is 2. The molecule has 0 aliphatic heterocycles. The highest BCUT2D eigenvalue weighted by molar-refractivity contribution is 9.10. The Balaban J connectivity index is 2.36. The Morgan fingerprint density at radius 2 is 1.82 bits per heavy atom. The van der Waals surface area contributed by atoms with Crippen molar-refractivity contribution < 1.29 is 0 Å². The molecule has 4 heteroatoms. The highest BCUT2D eigenvalue weighted by Crippen LogP contribution is 2.27. The second-order valence-electron chi connectivity index (χ2n) is 3.99. The summed E-state index contributed by atoms with van der Waals surface area (Å²) in [5.74, 6) is 1.28. The molecule has 88 valence electrons. The molecule has 1 aromatic heterocycles. The highest BCUT2D eigenvalue weighted by Gasteiger charge is 2.05. The average molecular weight is 292 g/mol. The van der Waals surface area contributed by atoms with E-state index < -0.39 is 0 Å². The molecule has 0 aliphatic carbocycles. The minimum absolute atomic E-state index is 0.516. The van der Waals surface area contributed by atoms with Crippen LogP contribution in [0.1, 0.15) is 11.1 Å². The smallest absolute Gasteiger partial charge is 0.132 e. The van der Waals surface area contributed by atoms with Crippen molar-refractivity contribution in [2.24, 2.45) is 0 Å². The fraction of sp³-hybridized carbons (Fsp3) is 0.154. The lowest BCUT2D eigenvalue weighted by Gasteiger charge is -2.13. The lowest BCUT2D eigenvalue weighted by atomic mass is 10.1. The van der Waals surface area contributed by atoms with Crippen LogP contribution in [-0.2, 0) is 0 Å². The molecule has 0 radical (unpaired) electrons. The first-order valence-corrected chi connectivity index (χ1v) is 6.12. The van der Waals surface area contributed by atoms with Crippen molar-refractivity contribution >= 4 is 33.3 Å². The number of hydrogen-bond donors (Lipinski definition) is 2. The molecule has 0 amide bonds. The molecule has 0 fully saturated rings. The number of nitrogen functional groups attached to an aromatic ring is 1. The van der Waals surface area contributed by atoms with Crippen LogP contribution in [0, 0.1) is 13.8 Å². The topological polar surface area (TPSA) is 50.9 Å². The van der Waals surface area contributed by atoms with Gasteiger partial charge in [-0.05, 0) is 49.2 Å². The van der Waals surface area contributed by atoms with Crippen LogP contribution in [0.5, 0.6) is 0 Å². The summed E-state index contributed by atoms with van der Waals surface area (Å²) in [6.07, 6.45) is 0. The number of rotatable bonds is 2. The zero-order chi connectivity index (χ0) is 12.4. The summed E-state index contributed by atoms with van der Waals surface area (Å²) in [5, 5.41) is 3.30. The second kappa shape index (κ2) is 4.75. The molecule has 0 atom stereocenters. The van der Waals surface area contributed by atoms with Crippen LogP contribution in [-0.4, -0.2) is 4.98 Å². The third-order valence-corrected chi connectivity index (χ3v) is 2.98. The molecule has 0 bridgehead atoms. The van der Waals surface area contributed by atoms with Gasteiger partial charge in [0, 0.05) is 10.2 Å². The molecule has 3 N–H and O–H groups in total. The summed E-state index contributed by atoms with van der Waals surface area (Å²) in [6.45, 7) is 4.12. The van der Waals surface area contributed by atoms with E-state index in [0.29, 0.717) is 5.82 Å². The average Bonchev–Trinajstić information content (AvgIpc) is 2.23. The maximum atomic E-state index is 5.65. The number of nitrogens with one attached hydrogen (secondary N) is 1. The van der Waals surface area contributed by atoms with Gasteiger partial charge < -0.3 is 11.1 Å². The van der Waals surface area contributed by atoms with E-state index in [1.165, 1.54) is 11.1 Å². The monoisotopic (exact) mass is 291 g/mol. The van der Waals surface area contributed by atoms with Crippen molar-refractivity contribution in [1.29, 1.82) is 0 Å². The molecular formula is C13H14BrN3. The van der Waals surface area contributed by atoms with Crippen molar-refractivity contribution in [2.75, 3.05) is 11.1 Å². The number of pyridine rings is 1. The van der Waals surface area contributed by atoms with E-state index in [-0.39, 0.29) is 0 Å². The first kappa shape index (κ1) is 11.9. The first-order valence-electron chi connectivity index (χ1n) is 5.32. The van der Waals surface area contributed by atoms with Gasteiger partial charge in [-0.1, -0.05) is 22.0 Å². The van der Waals surface area contributed by atoms with Gasteiger partial charge in [0.1, 0.15) is 11.6 Å². The van der Waals surface area contributed by atoms with Gasteiger partial charge in [0.2, 0.25) is 0 Å². The first-order chi connectivity index (χ1) is 8.06. The summed E-state index contributed by atoms with van der Waals surface area (Å²) in [4.78, 5) is 4.23. The Labute approximate surface area is 109 Å². The maximum Gasteiger partial charge on any atom is 0.132 e. The lowest BCUT2D eigenvalue weighted by molar-refractivity contribution is 1.28. The Kier molecular flexibility index (Phi) is 3.33. The zero-order valence-electron chi connectivity index (χ0n) is 9.79. The Morgan fingerprint density at radius 1 is 1.18 bits per heavy atom. The molecule has 1 heterocycles. The minimum atomic E-state index is 0.516. The molecule has 0 saturated carbocycles. The van der Waals surface area contributed by atoms with Gasteiger partial charge in [-0.25, -0.2) is 4.98 Å². The molecule has 1 aromatic carbocycles. The van der Waals surface area contributed by atoms with Crippen LogP contribution in [0.4, 0.5) is 17.3 Å². The van der Waals surface area contributed by atoms with Gasteiger partial charge in [-0.3, -0.25) is 0 Å². The van der Waals surface area contributed by atoms with Crippen molar-refractivity contribution in [1.82, 2.24) is 4.98 Å². The van der Waals surface area contributed by atoms with E-state index in [0.717, 1.165) is 16.0 Å². The quantitative estimate of drug-likeness (QED) is 0.885. The standard InChI is InChI=1S/C13H14BrN3/c1-8-6-10(14)7-9(2)13(8)17-12-5-3-4-11(15)16-12/h3-7H,1-2H3,(H3,15,16,17). The number of aromatic nitrogens is 1. The third kappa shape index (κ3) is 2.77. The third-order valence-electron chi connectivity index (χ3n) is 2.52. The number of anilines is 3. The Morgan fingerprint density at radius 3 is 2.41 bits per heavy atom. The van der Waals surface area contributed by atoms with Crippen LogP contribution in [0.15, 0.2) is 34.8 Å². The summed E-state index contributed by atoms with van der Waals surface area (Å²) >= 11 is 3.48. The summed E-state index contributed by atoms with van der Waals surface area (Å²) in [5.41, 5.74) is 9.06. The molecule has 0 unspecified atom stereocenters. The van der Waals surface area contributed by atoms with Crippen LogP contribution in [0.2, 0.25) is 0 Å². The zero-order valence-corrected chi connectivity index (χ0v) is 11.4. The van der Waals surface area contributed by atoms with Gasteiger partial charge in [-0.2, -0.15) is 0 Å². The van der Waals surface area contributed by atoms with Crippen molar-refractivity contribution in [3.8, 4) is 0 Å². The number of nitrogens with two attached hydrogens (primary N) is 1. The van der Waals surface area contributed by atoms with E-state index in [1.54, 1.807) is 6.07 Å². The van der Waals surface area contributed by atoms with Gasteiger partial charge in [0.25, 0.3) is 0 Å². The van der Waals surface area contributed by atoms with E-state index >= 15 is 0 Å². The molecule has 2 rings (SSSR count). The molecule has 3 nitrogen and oxygen atoms in total. The largest absolute Gasteiger partial charge is 0.384 e. The molecule has 2 aromatic rings. The normalized spacial score (nSPS) is 10.3. The summed E-state index contributed by atoms with van der Waals surface area (Å²) < 4.78 is 1.08. The Bertz CT molecular complexity index is 529. The predicted molar refractivity (Wildman–Crippen MR) is 75.5 cm³/mol. The van der Waals surface area contributed by atoms with E-state index in [2.05, 4.69) is 52.2 Å². The minimum Gasteiger partial charge on any atom is -0.384 e. The van der Waals surface area contributed by atoms with Crippen molar-refractivity contribution in [2.45, 2.75) is 13.8 Å². The predicted octanol–water partition coefficient (Wildman–Crippen LogP) is 3.79. The summed E-state index contributed by atoms with van der Waals surface area (Å²) in [6, 6.07) is 9.70. The van der Waals surface area contributed by atoms with Crippen LogP contribution < -0.4 is 11.1 Å². The van der Waals surface area contributed by atoms with E-state index in [4.69, 9.17) is 5.73 Å². The Hall–Kier alpha value is -1.55. The second-order valence-corrected chi connectivity index (χ2v) is 4.90. The lowest BCUT2D eigenvalue weighted by Crippen LogP contribution is -2.00. The molecular weight excluding hydrogens is 278 g/mol. The van der Waals surface area contributed by atoms with E-state index in [9.17, 15) is 0 Å². The van der Waals surface area contributed by atoms with Crippen molar-refractivity contribution in [3.05, 3.63) is 45.9 Å². The van der Waals surface area contributed by atoms with Gasteiger partial charge in [0.05, 0.1) is 0 Å². The SMILES string of the molecule is Cc1cc(Br)cc(C)c1Nc1cccc(N)n1. The number of hydrogen-bond acceptors (Lipinski definition) is 3. The molecule has 17 heavy (non-hydrogen) atoms. The van der Waals surface area contributed by atoms with Gasteiger partial charge in [0.15, 0.2) is 0 Å². The fourth-order valence-electron chi connectivity index (χ4n) is 1.76. The van der Waals surface area contributed by atoms with Crippen molar-refractivity contribution in [3.63, 3.8) is 0 Å². The van der Waals surface area contributed by atoms with Gasteiger partial charge in [-0.15, -0.1) is 0 Å². The molecule has 0 saturated heterocycles. The molecule has 0 aliphatic rings.